The Morgan fingerprint density at radius 3 is 2.83 bits per heavy atom. The normalized spacial score (nSPS) is 10.3. The molecule has 0 fully saturated rings. The summed E-state index contributed by atoms with van der Waals surface area (Å²) in [6.07, 6.45) is 1.92. The van der Waals surface area contributed by atoms with Crippen LogP contribution in [0.15, 0.2) is 41.0 Å². The number of benzene rings is 1. The maximum Gasteiger partial charge on any atom is 0.255 e. The number of nitrogens with one attached hydrogen (secondary N) is 1. The molecule has 0 aliphatic carbocycles. The van der Waals surface area contributed by atoms with E-state index in [0.29, 0.717) is 6.54 Å². The van der Waals surface area contributed by atoms with E-state index < -0.39 is 0 Å². The van der Waals surface area contributed by atoms with Crippen LogP contribution in [-0.4, -0.2) is 15.6 Å². The molecular weight excluding hydrogens is 296 g/mol. The van der Waals surface area contributed by atoms with Gasteiger partial charge in [0.1, 0.15) is 5.75 Å². The fourth-order valence-electron chi connectivity index (χ4n) is 1.64. The lowest BCUT2D eigenvalue weighted by molar-refractivity contribution is 0.0947. The van der Waals surface area contributed by atoms with Crippen LogP contribution < -0.4 is 5.32 Å². The van der Waals surface area contributed by atoms with Gasteiger partial charge >= 0.3 is 0 Å². The number of halogens is 1. The highest BCUT2D eigenvalue weighted by Gasteiger charge is 2.11. The molecule has 0 atom stereocenters. The fourth-order valence-corrected chi connectivity index (χ4v) is 1.99. The first-order valence-corrected chi connectivity index (χ1v) is 6.24. The molecule has 0 radical (unpaired) electrons. The van der Waals surface area contributed by atoms with Gasteiger partial charge in [-0.3, -0.25) is 4.79 Å². The fraction of sp³-hybridized carbons (Fsp3) is 0.154. The zero-order valence-electron chi connectivity index (χ0n) is 9.85. The van der Waals surface area contributed by atoms with Crippen molar-refractivity contribution in [1.29, 1.82) is 0 Å². The van der Waals surface area contributed by atoms with Gasteiger partial charge < -0.3 is 15.0 Å². The van der Waals surface area contributed by atoms with E-state index in [1.54, 1.807) is 12.1 Å². The van der Waals surface area contributed by atoms with E-state index in [9.17, 15) is 9.90 Å². The van der Waals surface area contributed by atoms with Crippen LogP contribution in [0.5, 0.6) is 5.75 Å². The van der Waals surface area contributed by atoms with Gasteiger partial charge in [0.15, 0.2) is 0 Å². The Labute approximate surface area is 113 Å². The summed E-state index contributed by atoms with van der Waals surface area (Å²) in [6, 6.07) is 8.65. The van der Waals surface area contributed by atoms with Crippen LogP contribution in [0.2, 0.25) is 0 Å². The minimum absolute atomic E-state index is 0.0336. The quantitative estimate of drug-likeness (QED) is 0.915. The zero-order chi connectivity index (χ0) is 13.1. The number of hydrogen-bond acceptors (Lipinski definition) is 2. The van der Waals surface area contributed by atoms with E-state index in [-0.39, 0.29) is 17.2 Å². The molecule has 1 aromatic carbocycles. The van der Waals surface area contributed by atoms with Crippen molar-refractivity contribution in [3.63, 3.8) is 0 Å². The molecule has 0 bridgehead atoms. The van der Waals surface area contributed by atoms with Crippen molar-refractivity contribution in [1.82, 2.24) is 9.88 Å². The molecule has 5 heteroatoms. The Balaban J connectivity index is 2.06. The Morgan fingerprint density at radius 1 is 1.44 bits per heavy atom. The molecule has 0 aliphatic heterocycles. The van der Waals surface area contributed by atoms with E-state index in [0.717, 1.165) is 10.2 Å². The topological polar surface area (TPSA) is 54.3 Å². The van der Waals surface area contributed by atoms with Crippen molar-refractivity contribution < 1.29 is 9.90 Å². The van der Waals surface area contributed by atoms with Gasteiger partial charge in [-0.05, 0) is 30.3 Å². The van der Waals surface area contributed by atoms with Crippen LogP contribution in [0.3, 0.4) is 0 Å². The molecule has 18 heavy (non-hydrogen) atoms. The van der Waals surface area contributed by atoms with Crippen molar-refractivity contribution in [2.45, 2.75) is 6.54 Å². The summed E-state index contributed by atoms with van der Waals surface area (Å²) in [4.78, 5) is 11.9. The predicted octanol–water partition coefficient (Wildman–Crippen LogP) is 2.42. The second-order valence-corrected chi connectivity index (χ2v) is 4.87. The van der Waals surface area contributed by atoms with E-state index in [2.05, 4.69) is 21.2 Å². The highest BCUT2D eigenvalue weighted by molar-refractivity contribution is 9.10. The van der Waals surface area contributed by atoms with E-state index in [1.165, 1.54) is 6.07 Å². The third kappa shape index (κ3) is 2.73. The number of aromatic nitrogens is 1. The van der Waals surface area contributed by atoms with Crippen LogP contribution in [0.1, 0.15) is 16.1 Å². The second-order valence-electron chi connectivity index (χ2n) is 3.95. The Hall–Kier alpha value is -1.75. The molecule has 1 aromatic heterocycles. The lowest BCUT2D eigenvalue weighted by Gasteiger charge is -2.08. The summed E-state index contributed by atoms with van der Waals surface area (Å²) in [6.45, 7) is 0.428. The van der Waals surface area contributed by atoms with E-state index in [1.807, 2.05) is 29.9 Å². The average molecular weight is 309 g/mol. The minimum atomic E-state index is -0.291. The van der Waals surface area contributed by atoms with Crippen molar-refractivity contribution in [3.8, 4) is 5.75 Å². The molecule has 0 unspecified atom stereocenters. The molecule has 2 rings (SSSR count). The SMILES string of the molecule is Cn1cccc1CNC(=O)c1ccc(Br)cc1O. The van der Waals surface area contributed by atoms with Crippen LogP contribution >= 0.6 is 15.9 Å². The molecule has 0 spiro atoms. The average Bonchev–Trinajstić information content (AvgIpc) is 2.72. The van der Waals surface area contributed by atoms with Gasteiger partial charge in [-0.25, -0.2) is 0 Å². The summed E-state index contributed by atoms with van der Waals surface area (Å²) >= 11 is 3.23. The van der Waals surface area contributed by atoms with E-state index >= 15 is 0 Å². The number of carbonyl (C=O) groups excluding carboxylic acids is 1. The van der Waals surface area contributed by atoms with Gasteiger partial charge in [0, 0.05) is 23.4 Å². The standard InChI is InChI=1S/C13H13BrN2O2/c1-16-6-2-3-10(16)8-15-13(18)11-5-4-9(14)7-12(11)17/h2-7,17H,8H2,1H3,(H,15,18). The molecule has 4 nitrogen and oxygen atoms in total. The van der Waals surface area contributed by atoms with Crippen LogP contribution in [-0.2, 0) is 13.6 Å². The van der Waals surface area contributed by atoms with Crippen LogP contribution in [0.4, 0.5) is 0 Å². The number of phenols is 1. The monoisotopic (exact) mass is 308 g/mol. The number of phenolic OH excluding ortho intramolecular Hbond substituents is 1. The van der Waals surface area contributed by atoms with E-state index in [4.69, 9.17) is 0 Å². The van der Waals surface area contributed by atoms with Crippen LogP contribution in [0, 0.1) is 0 Å². The molecule has 0 aliphatic rings. The number of aromatic hydroxyl groups is 1. The van der Waals surface area contributed by atoms with Crippen molar-refractivity contribution in [3.05, 3.63) is 52.3 Å². The molecule has 0 saturated heterocycles. The Kier molecular flexibility index (Phi) is 3.72. The highest BCUT2D eigenvalue weighted by atomic mass is 79.9. The lowest BCUT2D eigenvalue weighted by Crippen LogP contribution is -2.23. The van der Waals surface area contributed by atoms with Gasteiger partial charge in [-0.1, -0.05) is 15.9 Å². The summed E-state index contributed by atoms with van der Waals surface area (Å²) in [5.41, 5.74) is 1.27. The largest absolute Gasteiger partial charge is 0.507 e. The number of carbonyl (C=O) groups is 1. The first kappa shape index (κ1) is 12.7. The Morgan fingerprint density at radius 2 is 2.22 bits per heavy atom. The number of hydrogen-bond donors (Lipinski definition) is 2. The van der Waals surface area contributed by atoms with Gasteiger partial charge in [-0.15, -0.1) is 0 Å². The summed E-state index contributed by atoms with van der Waals surface area (Å²) < 4.78 is 2.67. The van der Waals surface area contributed by atoms with Gasteiger partial charge in [0.2, 0.25) is 0 Å². The van der Waals surface area contributed by atoms with Gasteiger partial charge in [-0.2, -0.15) is 0 Å². The zero-order valence-corrected chi connectivity index (χ0v) is 11.4. The predicted molar refractivity (Wildman–Crippen MR) is 72.4 cm³/mol. The molecule has 2 N–H and O–H groups in total. The van der Waals surface area contributed by atoms with Gasteiger partial charge in [0.25, 0.3) is 5.91 Å². The maximum atomic E-state index is 11.9. The summed E-state index contributed by atoms with van der Waals surface area (Å²) in [7, 11) is 1.92. The molecule has 1 heterocycles. The van der Waals surface area contributed by atoms with Crippen molar-refractivity contribution in [2.75, 3.05) is 0 Å². The highest BCUT2D eigenvalue weighted by Crippen LogP contribution is 2.22. The molecule has 1 amide bonds. The first-order chi connectivity index (χ1) is 8.58. The molecular formula is C13H13BrN2O2. The Bertz CT molecular complexity index is 578. The summed E-state index contributed by atoms with van der Waals surface area (Å²) in [5.74, 6) is -0.324. The number of nitrogens with zero attached hydrogens (tertiary/aromatic N) is 1. The van der Waals surface area contributed by atoms with Crippen molar-refractivity contribution in [2.24, 2.45) is 7.05 Å². The first-order valence-electron chi connectivity index (χ1n) is 5.45. The van der Waals surface area contributed by atoms with Crippen molar-refractivity contribution >= 4 is 21.8 Å². The molecule has 94 valence electrons. The smallest absolute Gasteiger partial charge is 0.255 e. The summed E-state index contributed by atoms with van der Waals surface area (Å²) in [5, 5.41) is 12.4. The maximum absolute atomic E-state index is 11.9. The molecule has 0 saturated carbocycles. The lowest BCUT2D eigenvalue weighted by atomic mass is 10.2. The van der Waals surface area contributed by atoms with Crippen LogP contribution in [0.25, 0.3) is 0 Å². The number of rotatable bonds is 3. The third-order valence-electron chi connectivity index (χ3n) is 2.69. The third-order valence-corrected chi connectivity index (χ3v) is 3.18. The number of aryl methyl sites for hydroxylation is 1. The second kappa shape index (κ2) is 5.27. The number of amides is 1. The van der Waals surface area contributed by atoms with Gasteiger partial charge in [0.05, 0.1) is 12.1 Å². The molecule has 2 aromatic rings. The minimum Gasteiger partial charge on any atom is -0.507 e.